The molecule has 0 spiro atoms. The van der Waals surface area contributed by atoms with Crippen molar-refractivity contribution in [2.24, 2.45) is 0 Å². The van der Waals surface area contributed by atoms with Gasteiger partial charge in [0.15, 0.2) is 6.10 Å². The minimum Gasteiger partial charge on any atom is -0.497 e. The van der Waals surface area contributed by atoms with Gasteiger partial charge in [0.25, 0.3) is 5.91 Å². The fourth-order valence-electron chi connectivity index (χ4n) is 2.73. The molecule has 1 amide bonds. The first-order chi connectivity index (χ1) is 13.0. The first-order valence-electron chi connectivity index (χ1n) is 8.40. The van der Waals surface area contributed by atoms with Gasteiger partial charge in [-0.15, -0.1) is 0 Å². The first-order valence-corrected chi connectivity index (χ1v) is 8.78. The van der Waals surface area contributed by atoms with Gasteiger partial charge in [-0.1, -0.05) is 35.9 Å². The standard InChI is InChI=1S/C21H20ClNO4/c1-13(21(24)23-18-12-14(25-2)8-10-20(18)26-3)27-19-11-9-17(22)15-6-4-5-7-16(15)19/h4-13H,1-3H3,(H,23,24). The summed E-state index contributed by atoms with van der Waals surface area (Å²) in [5.74, 6) is 1.44. The summed E-state index contributed by atoms with van der Waals surface area (Å²) < 4.78 is 16.4. The zero-order valence-electron chi connectivity index (χ0n) is 15.3. The molecule has 1 unspecified atom stereocenters. The van der Waals surface area contributed by atoms with Crippen molar-refractivity contribution in [2.75, 3.05) is 19.5 Å². The molecule has 3 rings (SSSR count). The Labute approximate surface area is 162 Å². The van der Waals surface area contributed by atoms with Gasteiger partial charge in [-0.25, -0.2) is 0 Å². The number of benzene rings is 3. The number of methoxy groups -OCH3 is 2. The molecule has 0 aliphatic carbocycles. The van der Waals surface area contributed by atoms with Crippen LogP contribution in [0.15, 0.2) is 54.6 Å². The van der Waals surface area contributed by atoms with E-state index < -0.39 is 6.10 Å². The smallest absolute Gasteiger partial charge is 0.265 e. The summed E-state index contributed by atoms with van der Waals surface area (Å²) in [7, 11) is 3.10. The van der Waals surface area contributed by atoms with Crippen LogP contribution in [0.4, 0.5) is 5.69 Å². The van der Waals surface area contributed by atoms with Crippen molar-refractivity contribution in [2.45, 2.75) is 13.0 Å². The van der Waals surface area contributed by atoms with Crippen LogP contribution >= 0.6 is 11.6 Å². The third kappa shape index (κ3) is 4.09. The molecule has 0 saturated carbocycles. The minimum atomic E-state index is -0.731. The lowest BCUT2D eigenvalue weighted by Gasteiger charge is -2.18. The van der Waals surface area contributed by atoms with Crippen LogP contribution in [0.1, 0.15) is 6.92 Å². The Hall–Kier alpha value is -2.92. The average Bonchev–Trinajstić information content (AvgIpc) is 2.70. The average molecular weight is 386 g/mol. The molecular formula is C21H20ClNO4. The highest BCUT2D eigenvalue weighted by Crippen LogP contribution is 2.32. The molecule has 0 radical (unpaired) electrons. The Morgan fingerprint density at radius 1 is 0.963 bits per heavy atom. The molecule has 1 N–H and O–H groups in total. The second-order valence-electron chi connectivity index (χ2n) is 5.91. The summed E-state index contributed by atoms with van der Waals surface area (Å²) in [5, 5.41) is 5.18. The summed E-state index contributed by atoms with van der Waals surface area (Å²) in [4.78, 5) is 12.6. The van der Waals surface area contributed by atoms with E-state index in [0.29, 0.717) is 28.0 Å². The number of ether oxygens (including phenoxy) is 3. The monoisotopic (exact) mass is 385 g/mol. The van der Waals surface area contributed by atoms with Crippen molar-refractivity contribution < 1.29 is 19.0 Å². The Morgan fingerprint density at radius 3 is 2.37 bits per heavy atom. The molecule has 0 aromatic heterocycles. The van der Waals surface area contributed by atoms with Gasteiger partial charge in [-0.05, 0) is 31.2 Å². The van der Waals surface area contributed by atoms with Gasteiger partial charge < -0.3 is 19.5 Å². The van der Waals surface area contributed by atoms with E-state index in [9.17, 15) is 4.79 Å². The fraction of sp³-hybridized carbons (Fsp3) is 0.190. The van der Waals surface area contributed by atoms with Crippen molar-refractivity contribution in [1.29, 1.82) is 0 Å². The molecule has 6 heteroatoms. The maximum absolute atomic E-state index is 12.6. The first kappa shape index (κ1) is 18.9. The van der Waals surface area contributed by atoms with Gasteiger partial charge in [0.05, 0.1) is 19.9 Å². The zero-order valence-corrected chi connectivity index (χ0v) is 16.0. The van der Waals surface area contributed by atoms with Gasteiger partial charge in [0, 0.05) is 21.9 Å². The summed E-state index contributed by atoms with van der Waals surface area (Å²) in [5.41, 5.74) is 0.512. The van der Waals surface area contributed by atoms with Crippen molar-refractivity contribution in [3.05, 3.63) is 59.6 Å². The molecule has 1 atom stereocenters. The third-order valence-electron chi connectivity index (χ3n) is 4.17. The molecule has 3 aromatic rings. The number of hydrogen-bond acceptors (Lipinski definition) is 4. The Balaban J connectivity index is 1.80. The van der Waals surface area contributed by atoms with Crippen LogP contribution in [0.25, 0.3) is 10.8 Å². The summed E-state index contributed by atoms with van der Waals surface area (Å²) in [6.45, 7) is 1.69. The largest absolute Gasteiger partial charge is 0.497 e. The van der Waals surface area contributed by atoms with Crippen LogP contribution in [0, 0.1) is 0 Å². The van der Waals surface area contributed by atoms with E-state index in [2.05, 4.69) is 5.32 Å². The van der Waals surface area contributed by atoms with Crippen LogP contribution < -0.4 is 19.5 Å². The maximum Gasteiger partial charge on any atom is 0.265 e. The van der Waals surface area contributed by atoms with Crippen molar-refractivity contribution in [3.63, 3.8) is 0 Å². The zero-order chi connectivity index (χ0) is 19.4. The lowest BCUT2D eigenvalue weighted by Crippen LogP contribution is -2.30. The fourth-order valence-corrected chi connectivity index (χ4v) is 2.96. The molecular weight excluding hydrogens is 366 g/mol. The van der Waals surface area contributed by atoms with Crippen LogP contribution in [-0.4, -0.2) is 26.2 Å². The number of halogens is 1. The summed E-state index contributed by atoms with van der Waals surface area (Å²) in [6.07, 6.45) is -0.731. The topological polar surface area (TPSA) is 56.8 Å². The Bertz CT molecular complexity index is 974. The van der Waals surface area contributed by atoms with E-state index in [4.69, 9.17) is 25.8 Å². The van der Waals surface area contributed by atoms with Crippen LogP contribution in [0.5, 0.6) is 17.2 Å². The van der Waals surface area contributed by atoms with Crippen LogP contribution in [0.3, 0.4) is 0 Å². The molecule has 0 heterocycles. The molecule has 0 aliphatic heterocycles. The Kier molecular flexibility index (Phi) is 5.72. The lowest BCUT2D eigenvalue weighted by molar-refractivity contribution is -0.122. The number of carbonyl (C=O) groups excluding carboxylic acids is 1. The number of hydrogen-bond donors (Lipinski definition) is 1. The molecule has 0 fully saturated rings. The lowest BCUT2D eigenvalue weighted by atomic mass is 10.1. The van der Waals surface area contributed by atoms with Crippen LogP contribution in [-0.2, 0) is 4.79 Å². The normalized spacial score (nSPS) is 11.7. The maximum atomic E-state index is 12.6. The minimum absolute atomic E-state index is 0.305. The number of anilines is 1. The van der Waals surface area contributed by atoms with Crippen molar-refractivity contribution >= 4 is 34.0 Å². The number of carbonyl (C=O) groups is 1. The van der Waals surface area contributed by atoms with Gasteiger partial charge >= 0.3 is 0 Å². The SMILES string of the molecule is COc1ccc(OC)c(NC(=O)C(C)Oc2ccc(Cl)c3ccccc23)c1. The molecule has 0 saturated heterocycles. The van der Waals surface area contributed by atoms with Gasteiger partial charge in [0.2, 0.25) is 0 Å². The summed E-state index contributed by atoms with van der Waals surface area (Å²) >= 11 is 6.24. The van der Waals surface area contributed by atoms with E-state index >= 15 is 0 Å². The van der Waals surface area contributed by atoms with Crippen molar-refractivity contribution in [3.8, 4) is 17.2 Å². The molecule has 3 aromatic carbocycles. The molecule has 5 nitrogen and oxygen atoms in total. The third-order valence-corrected chi connectivity index (χ3v) is 4.50. The second kappa shape index (κ2) is 8.18. The highest BCUT2D eigenvalue weighted by atomic mass is 35.5. The van der Waals surface area contributed by atoms with Gasteiger partial charge in [0.1, 0.15) is 17.2 Å². The molecule has 0 aliphatic rings. The number of fused-ring (bicyclic) bond motifs is 1. The second-order valence-corrected chi connectivity index (χ2v) is 6.31. The predicted molar refractivity (Wildman–Crippen MR) is 107 cm³/mol. The number of amides is 1. The van der Waals surface area contributed by atoms with E-state index in [1.165, 1.54) is 7.11 Å². The van der Waals surface area contributed by atoms with E-state index in [-0.39, 0.29) is 5.91 Å². The van der Waals surface area contributed by atoms with E-state index in [0.717, 1.165) is 10.8 Å². The van der Waals surface area contributed by atoms with Crippen LogP contribution in [0.2, 0.25) is 5.02 Å². The molecule has 0 bridgehead atoms. The number of rotatable bonds is 6. The number of nitrogens with one attached hydrogen (secondary N) is 1. The highest BCUT2D eigenvalue weighted by molar-refractivity contribution is 6.35. The predicted octanol–water partition coefficient (Wildman–Crippen LogP) is 4.92. The Morgan fingerprint density at radius 2 is 1.67 bits per heavy atom. The van der Waals surface area contributed by atoms with E-state index in [1.807, 2.05) is 24.3 Å². The highest BCUT2D eigenvalue weighted by Gasteiger charge is 2.18. The summed E-state index contributed by atoms with van der Waals surface area (Å²) in [6, 6.07) is 16.3. The molecule has 27 heavy (non-hydrogen) atoms. The van der Waals surface area contributed by atoms with E-state index in [1.54, 1.807) is 44.4 Å². The molecule has 140 valence electrons. The van der Waals surface area contributed by atoms with Crippen molar-refractivity contribution in [1.82, 2.24) is 0 Å². The van der Waals surface area contributed by atoms with Gasteiger partial charge in [-0.2, -0.15) is 0 Å². The van der Waals surface area contributed by atoms with Gasteiger partial charge in [-0.3, -0.25) is 4.79 Å². The quantitative estimate of drug-likeness (QED) is 0.654.